The lowest BCUT2D eigenvalue weighted by atomic mass is 9.64. The predicted octanol–water partition coefficient (Wildman–Crippen LogP) is 1.02. The standard InChI is InChI=1S/C12H19NO3/c1-12(2)10(5-11(12)15)13-6-8-3-4-9(7-14)16-8/h3-4,10-11,13-15H,5-7H2,1-2H3. The van der Waals surface area contributed by atoms with E-state index in [2.05, 4.69) is 19.2 Å². The van der Waals surface area contributed by atoms with Gasteiger partial charge in [0.1, 0.15) is 18.1 Å². The smallest absolute Gasteiger partial charge is 0.129 e. The van der Waals surface area contributed by atoms with Gasteiger partial charge in [-0.25, -0.2) is 0 Å². The van der Waals surface area contributed by atoms with Crippen molar-refractivity contribution < 1.29 is 14.6 Å². The fraction of sp³-hybridized carbons (Fsp3) is 0.667. The highest BCUT2D eigenvalue weighted by Crippen LogP contribution is 2.40. The van der Waals surface area contributed by atoms with Crippen LogP contribution in [0.15, 0.2) is 16.5 Å². The third-order valence-electron chi connectivity index (χ3n) is 3.61. The Labute approximate surface area is 95.3 Å². The molecule has 4 heteroatoms. The van der Waals surface area contributed by atoms with Crippen LogP contribution in [0.2, 0.25) is 0 Å². The van der Waals surface area contributed by atoms with Crippen molar-refractivity contribution in [2.75, 3.05) is 0 Å². The lowest BCUT2D eigenvalue weighted by Crippen LogP contribution is -2.59. The molecule has 1 aliphatic rings. The molecule has 1 saturated carbocycles. The summed E-state index contributed by atoms with van der Waals surface area (Å²) < 4.78 is 5.37. The van der Waals surface area contributed by atoms with Crippen molar-refractivity contribution in [2.45, 2.75) is 45.6 Å². The maximum Gasteiger partial charge on any atom is 0.129 e. The molecule has 90 valence electrons. The van der Waals surface area contributed by atoms with E-state index in [9.17, 15) is 5.11 Å². The van der Waals surface area contributed by atoms with Gasteiger partial charge in [0.2, 0.25) is 0 Å². The van der Waals surface area contributed by atoms with Crippen molar-refractivity contribution in [1.29, 1.82) is 0 Å². The molecule has 3 N–H and O–H groups in total. The first-order valence-electron chi connectivity index (χ1n) is 5.64. The molecule has 2 rings (SSSR count). The third kappa shape index (κ3) is 2.00. The first kappa shape index (κ1) is 11.6. The van der Waals surface area contributed by atoms with Crippen LogP contribution in [0.3, 0.4) is 0 Å². The van der Waals surface area contributed by atoms with Crippen LogP contribution in [0.1, 0.15) is 31.8 Å². The highest BCUT2D eigenvalue weighted by atomic mass is 16.4. The van der Waals surface area contributed by atoms with Crippen LogP contribution in [-0.2, 0) is 13.2 Å². The Morgan fingerprint density at radius 3 is 2.62 bits per heavy atom. The summed E-state index contributed by atoms with van der Waals surface area (Å²) in [5.74, 6) is 1.41. The summed E-state index contributed by atoms with van der Waals surface area (Å²) in [5.41, 5.74) is -0.0631. The minimum Gasteiger partial charge on any atom is -0.462 e. The van der Waals surface area contributed by atoms with E-state index in [0.29, 0.717) is 18.3 Å². The summed E-state index contributed by atoms with van der Waals surface area (Å²) in [4.78, 5) is 0. The molecule has 1 fully saturated rings. The van der Waals surface area contributed by atoms with E-state index in [4.69, 9.17) is 9.52 Å². The SMILES string of the molecule is CC1(C)C(O)CC1NCc1ccc(CO)o1. The van der Waals surface area contributed by atoms with Crippen molar-refractivity contribution in [3.63, 3.8) is 0 Å². The third-order valence-corrected chi connectivity index (χ3v) is 3.61. The zero-order chi connectivity index (χ0) is 11.8. The van der Waals surface area contributed by atoms with Gasteiger partial charge in [-0.1, -0.05) is 13.8 Å². The molecule has 0 aromatic carbocycles. The van der Waals surface area contributed by atoms with Crippen molar-refractivity contribution in [3.8, 4) is 0 Å². The van der Waals surface area contributed by atoms with Gasteiger partial charge >= 0.3 is 0 Å². The van der Waals surface area contributed by atoms with E-state index in [-0.39, 0.29) is 18.1 Å². The quantitative estimate of drug-likeness (QED) is 0.716. The molecule has 0 radical (unpaired) electrons. The maximum atomic E-state index is 9.59. The van der Waals surface area contributed by atoms with Crippen LogP contribution in [0.5, 0.6) is 0 Å². The van der Waals surface area contributed by atoms with Gasteiger partial charge in [-0.2, -0.15) is 0 Å². The van der Waals surface area contributed by atoms with Gasteiger partial charge in [0.05, 0.1) is 12.6 Å². The monoisotopic (exact) mass is 225 g/mol. The Balaban J connectivity index is 1.84. The second kappa shape index (κ2) is 4.20. The van der Waals surface area contributed by atoms with E-state index in [1.807, 2.05) is 6.07 Å². The Morgan fingerprint density at radius 1 is 1.44 bits per heavy atom. The van der Waals surface area contributed by atoms with E-state index in [1.54, 1.807) is 6.07 Å². The van der Waals surface area contributed by atoms with Crippen LogP contribution in [0, 0.1) is 5.41 Å². The van der Waals surface area contributed by atoms with Gasteiger partial charge in [0.15, 0.2) is 0 Å². The molecule has 1 heterocycles. The first-order valence-corrected chi connectivity index (χ1v) is 5.64. The van der Waals surface area contributed by atoms with Gasteiger partial charge in [-0.15, -0.1) is 0 Å². The molecule has 0 bridgehead atoms. The molecule has 0 saturated heterocycles. The normalized spacial score (nSPS) is 27.8. The second-order valence-electron chi connectivity index (χ2n) is 5.03. The fourth-order valence-corrected chi connectivity index (χ4v) is 2.07. The molecule has 4 nitrogen and oxygen atoms in total. The molecule has 16 heavy (non-hydrogen) atoms. The molecular weight excluding hydrogens is 206 g/mol. The lowest BCUT2D eigenvalue weighted by Gasteiger charge is -2.49. The van der Waals surface area contributed by atoms with Crippen molar-refractivity contribution in [1.82, 2.24) is 5.32 Å². The fourth-order valence-electron chi connectivity index (χ4n) is 2.07. The van der Waals surface area contributed by atoms with Crippen LogP contribution in [0.4, 0.5) is 0 Å². The zero-order valence-corrected chi connectivity index (χ0v) is 9.73. The zero-order valence-electron chi connectivity index (χ0n) is 9.73. The summed E-state index contributed by atoms with van der Waals surface area (Å²) in [6.45, 7) is 4.69. The molecule has 0 amide bonds. The van der Waals surface area contributed by atoms with Crippen molar-refractivity contribution >= 4 is 0 Å². The molecule has 0 spiro atoms. The second-order valence-corrected chi connectivity index (χ2v) is 5.03. The molecular formula is C12H19NO3. The Morgan fingerprint density at radius 2 is 2.12 bits per heavy atom. The number of aliphatic hydroxyl groups excluding tert-OH is 2. The van der Waals surface area contributed by atoms with E-state index < -0.39 is 0 Å². The molecule has 2 atom stereocenters. The van der Waals surface area contributed by atoms with Gasteiger partial charge in [0.25, 0.3) is 0 Å². The average Bonchev–Trinajstić information content (AvgIpc) is 2.71. The van der Waals surface area contributed by atoms with Crippen LogP contribution in [0.25, 0.3) is 0 Å². The Hall–Kier alpha value is -0.840. The van der Waals surface area contributed by atoms with Crippen LogP contribution in [-0.4, -0.2) is 22.4 Å². The van der Waals surface area contributed by atoms with E-state index in [0.717, 1.165) is 12.2 Å². The lowest BCUT2D eigenvalue weighted by molar-refractivity contribution is -0.0734. The van der Waals surface area contributed by atoms with Crippen molar-refractivity contribution in [2.24, 2.45) is 5.41 Å². The maximum absolute atomic E-state index is 9.59. The largest absolute Gasteiger partial charge is 0.462 e. The summed E-state index contributed by atoms with van der Waals surface area (Å²) in [6.07, 6.45) is 0.579. The first-order chi connectivity index (χ1) is 7.54. The minimum absolute atomic E-state index is 0.0619. The van der Waals surface area contributed by atoms with Gasteiger partial charge < -0.3 is 19.9 Å². The molecule has 1 aromatic heterocycles. The number of nitrogens with one attached hydrogen (secondary N) is 1. The van der Waals surface area contributed by atoms with Gasteiger partial charge in [-0.05, 0) is 18.6 Å². The van der Waals surface area contributed by atoms with Crippen molar-refractivity contribution in [3.05, 3.63) is 23.7 Å². The summed E-state index contributed by atoms with van der Waals surface area (Å²) in [6, 6.07) is 3.96. The van der Waals surface area contributed by atoms with E-state index >= 15 is 0 Å². The minimum atomic E-state index is -0.213. The predicted molar refractivity (Wildman–Crippen MR) is 59.7 cm³/mol. The van der Waals surface area contributed by atoms with E-state index in [1.165, 1.54) is 0 Å². The molecule has 2 unspecified atom stereocenters. The molecule has 1 aliphatic carbocycles. The summed E-state index contributed by atoms with van der Waals surface area (Å²) in [5, 5.41) is 21.8. The number of furan rings is 1. The topological polar surface area (TPSA) is 65.6 Å². The molecule has 1 aromatic rings. The number of rotatable bonds is 4. The number of aliphatic hydroxyl groups is 2. The average molecular weight is 225 g/mol. The molecule has 0 aliphatic heterocycles. The Kier molecular flexibility index (Phi) is 3.06. The summed E-state index contributed by atoms with van der Waals surface area (Å²) in [7, 11) is 0. The summed E-state index contributed by atoms with van der Waals surface area (Å²) >= 11 is 0. The van der Waals surface area contributed by atoms with Gasteiger partial charge in [-0.3, -0.25) is 0 Å². The Bertz CT molecular complexity index is 359. The number of hydrogen-bond acceptors (Lipinski definition) is 4. The number of hydrogen-bond donors (Lipinski definition) is 3. The van der Waals surface area contributed by atoms with Crippen LogP contribution >= 0.6 is 0 Å². The highest BCUT2D eigenvalue weighted by molar-refractivity contribution is 5.08. The van der Waals surface area contributed by atoms with Crippen LogP contribution < -0.4 is 5.32 Å². The van der Waals surface area contributed by atoms with Gasteiger partial charge in [0, 0.05) is 11.5 Å². The highest BCUT2D eigenvalue weighted by Gasteiger charge is 2.46.